The number of rotatable bonds is 4. The van der Waals surface area contributed by atoms with Crippen molar-refractivity contribution in [2.24, 2.45) is 0 Å². The molecule has 0 saturated heterocycles. The van der Waals surface area contributed by atoms with E-state index in [9.17, 15) is 9.59 Å². The van der Waals surface area contributed by atoms with Crippen molar-refractivity contribution in [3.8, 4) is 11.5 Å². The van der Waals surface area contributed by atoms with E-state index in [0.29, 0.717) is 6.42 Å². The van der Waals surface area contributed by atoms with Gasteiger partial charge < -0.3 is 23.4 Å². The molecule has 2 heterocycles. The highest BCUT2D eigenvalue weighted by molar-refractivity contribution is 5.97. The first-order valence-corrected chi connectivity index (χ1v) is 5.79. The molecule has 0 unspecified atom stereocenters. The Hall–Kier alpha value is -2.18. The van der Waals surface area contributed by atoms with Crippen LogP contribution in [-0.4, -0.2) is 32.4 Å². The summed E-state index contributed by atoms with van der Waals surface area (Å²) in [5.74, 6) is -1.70. The minimum atomic E-state index is -0.743. The van der Waals surface area contributed by atoms with E-state index in [1.54, 1.807) is 0 Å². The van der Waals surface area contributed by atoms with Crippen LogP contribution in [0.25, 0.3) is 0 Å². The number of hydrogen-bond donors (Lipinski definition) is 0. The van der Waals surface area contributed by atoms with Crippen LogP contribution < -0.4 is 9.47 Å². The normalized spacial score (nSPS) is 13.4. The maximum absolute atomic E-state index is 11.6. The molecular formula is C12H14O7. The molecule has 7 heteroatoms. The third kappa shape index (κ3) is 2.23. The summed E-state index contributed by atoms with van der Waals surface area (Å²) in [5.41, 5.74) is 0. The second kappa shape index (κ2) is 5.21. The largest absolute Gasteiger partial charge is 0.463 e. The Balaban J connectivity index is 2.40. The highest BCUT2D eigenvalue weighted by Crippen LogP contribution is 2.44. The van der Waals surface area contributed by atoms with E-state index < -0.39 is 18.2 Å². The van der Waals surface area contributed by atoms with Gasteiger partial charge in [0.2, 0.25) is 17.8 Å². The zero-order valence-electron chi connectivity index (χ0n) is 10.8. The third-order valence-electron chi connectivity index (χ3n) is 2.59. The molecule has 0 radical (unpaired) electrons. The van der Waals surface area contributed by atoms with Crippen LogP contribution >= 0.6 is 0 Å². The second-order valence-electron chi connectivity index (χ2n) is 3.86. The molecule has 7 nitrogen and oxygen atoms in total. The van der Waals surface area contributed by atoms with Gasteiger partial charge in [0.25, 0.3) is 11.5 Å². The van der Waals surface area contributed by atoms with Crippen molar-refractivity contribution in [3.63, 3.8) is 0 Å². The van der Waals surface area contributed by atoms with Gasteiger partial charge in [0.1, 0.15) is 0 Å². The SMILES string of the molecule is CCCC1Oc2c(C(=O)OC)oc(C(=O)OC)c2O1. The second-order valence-corrected chi connectivity index (χ2v) is 3.86. The van der Waals surface area contributed by atoms with Gasteiger partial charge in [-0.2, -0.15) is 0 Å². The maximum atomic E-state index is 11.6. The van der Waals surface area contributed by atoms with Crippen LogP contribution in [0, 0.1) is 0 Å². The average Bonchev–Trinajstić information content (AvgIpc) is 2.95. The lowest BCUT2D eigenvalue weighted by Gasteiger charge is -2.09. The number of esters is 2. The zero-order valence-corrected chi connectivity index (χ0v) is 10.8. The number of fused-ring (bicyclic) bond motifs is 1. The number of furan rings is 1. The third-order valence-corrected chi connectivity index (χ3v) is 2.59. The van der Waals surface area contributed by atoms with E-state index in [0.717, 1.165) is 6.42 Å². The molecule has 2 rings (SSSR count). The monoisotopic (exact) mass is 270 g/mol. The van der Waals surface area contributed by atoms with Gasteiger partial charge in [-0.25, -0.2) is 9.59 Å². The van der Waals surface area contributed by atoms with Crippen LogP contribution in [0.15, 0.2) is 4.42 Å². The van der Waals surface area contributed by atoms with E-state index in [1.165, 1.54) is 14.2 Å². The number of ether oxygens (including phenoxy) is 4. The number of methoxy groups -OCH3 is 2. The summed E-state index contributed by atoms with van der Waals surface area (Å²) in [6.45, 7) is 1.96. The Bertz CT molecular complexity index is 462. The first-order chi connectivity index (χ1) is 9.12. The summed E-state index contributed by atoms with van der Waals surface area (Å²) >= 11 is 0. The van der Waals surface area contributed by atoms with Crippen LogP contribution in [0.2, 0.25) is 0 Å². The lowest BCUT2D eigenvalue weighted by Crippen LogP contribution is -2.19. The molecule has 1 aromatic rings. The number of hydrogen-bond acceptors (Lipinski definition) is 7. The Morgan fingerprint density at radius 1 is 1.05 bits per heavy atom. The Labute approximate surface area is 109 Å². The molecule has 1 aromatic heterocycles. The van der Waals surface area contributed by atoms with Gasteiger partial charge in [0.15, 0.2) is 0 Å². The zero-order chi connectivity index (χ0) is 14.0. The predicted molar refractivity (Wildman–Crippen MR) is 61.3 cm³/mol. The first-order valence-electron chi connectivity index (χ1n) is 5.79. The van der Waals surface area contributed by atoms with E-state index in [2.05, 4.69) is 9.47 Å². The highest BCUT2D eigenvalue weighted by Gasteiger charge is 2.39. The molecule has 0 atom stereocenters. The van der Waals surface area contributed by atoms with Gasteiger partial charge in [-0.1, -0.05) is 6.92 Å². The van der Waals surface area contributed by atoms with Gasteiger partial charge in [0.05, 0.1) is 14.2 Å². The van der Waals surface area contributed by atoms with Gasteiger partial charge in [-0.05, 0) is 6.42 Å². The van der Waals surface area contributed by atoms with Crippen LogP contribution in [0.5, 0.6) is 11.5 Å². The van der Waals surface area contributed by atoms with E-state index in [-0.39, 0.29) is 23.0 Å². The molecule has 0 amide bonds. The van der Waals surface area contributed by atoms with Crippen molar-refractivity contribution in [1.29, 1.82) is 0 Å². The van der Waals surface area contributed by atoms with E-state index in [1.807, 2.05) is 6.92 Å². The topological polar surface area (TPSA) is 84.2 Å². The van der Waals surface area contributed by atoms with Gasteiger partial charge in [-0.3, -0.25) is 0 Å². The Morgan fingerprint density at radius 2 is 1.53 bits per heavy atom. The molecule has 104 valence electrons. The lowest BCUT2D eigenvalue weighted by atomic mass is 10.3. The van der Waals surface area contributed by atoms with Crippen LogP contribution in [-0.2, 0) is 9.47 Å². The molecule has 19 heavy (non-hydrogen) atoms. The van der Waals surface area contributed by atoms with E-state index in [4.69, 9.17) is 13.9 Å². The molecule has 1 aliphatic heterocycles. The standard InChI is InChI=1S/C12H14O7/c1-4-5-6-17-7-8(18-6)10(12(14)16-3)19-9(7)11(13)15-2/h6H,4-5H2,1-3H3. The molecule has 1 aliphatic rings. The van der Waals surface area contributed by atoms with Crippen molar-refractivity contribution in [2.75, 3.05) is 14.2 Å². The van der Waals surface area contributed by atoms with Gasteiger partial charge in [-0.15, -0.1) is 0 Å². The van der Waals surface area contributed by atoms with Gasteiger partial charge >= 0.3 is 11.9 Å². The molecular weight excluding hydrogens is 256 g/mol. The highest BCUT2D eigenvalue weighted by atomic mass is 16.7. The molecule has 0 aliphatic carbocycles. The van der Waals surface area contributed by atoms with Crippen molar-refractivity contribution < 1.29 is 33.0 Å². The summed E-state index contributed by atoms with van der Waals surface area (Å²) in [6, 6.07) is 0. The van der Waals surface area contributed by atoms with Crippen molar-refractivity contribution in [3.05, 3.63) is 11.5 Å². The maximum Gasteiger partial charge on any atom is 0.378 e. The quantitative estimate of drug-likeness (QED) is 0.770. The Morgan fingerprint density at radius 3 is 1.89 bits per heavy atom. The minimum Gasteiger partial charge on any atom is -0.463 e. The van der Waals surface area contributed by atoms with Crippen molar-refractivity contribution in [1.82, 2.24) is 0 Å². The fraction of sp³-hybridized carbons (Fsp3) is 0.500. The molecule has 0 fully saturated rings. The van der Waals surface area contributed by atoms with Gasteiger partial charge in [0, 0.05) is 6.42 Å². The molecule has 0 saturated carbocycles. The summed E-state index contributed by atoms with van der Waals surface area (Å²) in [5, 5.41) is 0. The summed E-state index contributed by atoms with van der Waals surface area (Å²) in [4.78, 5) is 23.1. The number of carbonyl (C=O) groups is 2. The summed E-state index contributed by atoms with van der Waals surface area (Å²) in [6.07, 6.45) is 0.904. The average molecular weight is 270 g/mol. The predicted octanol–water partition coefficient (Wildman–Crippen LogP) is 1.75. The van der Waals surface area contributed by atoms with Crippen molar-refractivity contribution >= 4 is 11.9 Å². The summed E-state index contributed by atoms with van der Waals surface area (Å²) in [7, 11) is 2.41. The fourth-order valence-corrected chi connectivity index (χ4v) is 1.71. The lowest BCUT2D eigenvalue weighted by molar-refractivity contribution is 0.0294. The molecule has 0 aromatic carbocycles. The van der Waals surface area contributed by atoms with Crippen molar-refractivity contribution in [2.45, 2.75) is 26.1 Å². The fourth-order valence-electron chi connectivity index (χ4n) is 1.71. The molecule has 0 N–H and O–H groups in total. The van der Waals surface area contributed by atoms with E-state index >= 15 is 0 Å². The first kappa shape index (κ1) is 13.3. The molecule has 0 spiro atoms. The van der Waals surface area contributed by atoms with Crippen LogP contribution in [0.1, 0.15) is 40.9 Å². The van der Waals surface area contributed by atoms with Crippen LogP contribution in [0.3, 0.4) is 0 Å². The minimum absolute atomic E-state index is 0.0886. The smallest absolute Gasteiger partial charge is 0.378 e. The van der Waals surface area contributed by atoms with Crippen LogP contribution in [0.4, 0.5) is 0 Å². The molecule has 0 bridgehead atoms. The number of carbonyl (C=O) groups excluding carboxylic acids is 2. The summed E-state index contributed by atoms with van der Waals surface area (Å²) < 4.78 is 25.2. The Kier molecular flexibility index (Phi) is 3.64.